The minimum atomic E-state index is -2.30. The van der Waals surface area contributed by atoms with Crippen molar-refractivity contribution in [1.29, 1.82) is 0 Å². The summed E-state index contributed by atoms with van der Waals surface area (Å²) in [5.41, 5.74) is 6.56. The Hall–Kier alpha value is -13.2. The predicted molar refractivity (Wildman–Crippen MR) is 503 cm³/mol. The lowest BCUT2D eigenvalue weighted by atomic mass is 10.0. The van der Waals surface area contributed by atoms with Gasteiger partial charge in [0.15, 0.2) is 11.2 Å². The number of aliphatic hydroxyl groups is 15. The fourth-order valence-corrected chi connectivity index (χ4v) is 15.2. The van der Waals surface area contributed by atoms with Gasteiger partial charge in [0.05, 0.1) is 74.8 Å². The number of hydrogen-bond acceptors (Lipinski definition) is 45. The van der Waals surface area contributed by atoms with Crippen LogP contribution in [0.4, 0.5) is 33.8 Å². The number of aromatic nitrogens is 7. The third-order valence-electron chi connectivity index (χ3n) is 20.9. The summed E-state index contributed by atoms with van der Waals surface area (Å²) >= 11 is 3.43. The van der Waals surface area contributed by atoms with Crippen LogP contribution in [0.5, 0.6) is 0 Å². The van der Waals surface area contributed by atoms with E-state index in [1.807, 2.05) is 24.3 Å². The first-order valence-electron chi connectivity index (χ1n) is 43.9. The predicted octanol–water partition coefficient (Wildman–Crippen LogP) is -9.92. The number of rotatable bonds is 66. The number of amides is 10. The quantitative estimate of drug-likeness (QED) is 0.00958. The number of H-pyrrole nitrogens is 1. The van der Waals surface area contributed by atoms with Gasteiger partial charge in [-0.1, -0.05) is 43.6 Å². The number of benzene rings is 2. The zero-order chi connectivity index (χ0) is 107. The van der Waals surface area contributed by atoms with Crippen LogP contribution >= 0.6 is 37.5 Å². The third-order valence-corrected chi connectivity index (χ3v) is 23.8. The number of aliphatic hydroxyl groups excluding tert-OH is 15. The number of anilines is 5. The van der Waals surface area contributed by atoms with Crippen molar-refractivity contribution < 1.29 is 178 Å². The van der Waals surface area contributed by atoms with E-state index in [1.165, 1.54) is 43.0 Å². The number of nitrogens with one attached hydrogen (secondary N) is 14. The number of hydrogen-bond donors (Lipinski definition) is 34. The highest BCUT2D eigenvalue weighted by Gasteiger charge is 2.39. The Morgan fingerprint density at radius 1 is 0.451 bits per heavy atom. The lowest BCUT2D eigenvalue weighted by molar-refractivity contribution is -0.142. The van der Waals surface area contributed by atoms with E-state index in [9.17, 15) is 174 Å². The van der Waals surface area contributed by atoms with Crippen LogP contribution < -0.4 is 80.4 Å². The second kappa shape index (κ2) is 61.0. The molecule has 0 aliphatic rings. The largest absolute Gasteiger partial charge is 0.508 e. The van der Waals surface area contributed by atoms with Crippen LogP contribution in [0.15, 0.2) is 82.6 Å². The molecule has 2 aromatic carbocycles. The highest BCUT2D eigenvalue weighted by atomic mass is 79.9. The SMILES string of the molecule is Nc1nc2ncc(CNc3ccc(C(=O)N[C@@H](CCC(=O)N[C@@H](CCC(=O)NC[C@H](O)[C@@H](O)[C@H](O)[C@H](O)CO)C(=O)N[C@@H](CCC(=O)O)C(=O)N[C@@H](CCC(=O)NC[C@H](O)[C@@H](O)[C@H](O)[C@H](O)CO)C(=O)N[C@@H](CCC(=O)O)C(=O)N[C@@H](CCC(=O)NC[C@H](O)[C@@H](O)[C@H](O)[C@H](O)CO)C(=O)N[C@@H](CSSCCOC(=O)OCCNc4cc5c(Nc6cccc(Br)c6)ncnc5cn4)C(=O)O)C(=O)O)cc3)nc2c(=O)[nH]1. The number of carboxylic acid groups (broad SMARTS) is 4. The van der Waals surface area contributed by atoms with Crippen molar-refractivity contribution in [3.63, 3.8) is 0 Å². The van der Waals surface area contributed by atoms with Gasteiger partial charge in [0.2, 0.25) is 59.1 Å². The van der Waals surface area contributed by atoms with Gasteiger partial charge in [0.25, 0.3) is 11.5 Å². The van der Waals surface area contributed by atoms with Crippen molar-refractivity contribution >= 4 is 178 Å². The molecule has 0 spiro atoms. The standard InChI is InChI=1S/C83H114BrN21O37S2/c84-38-2-1-3-40(24-38)96-71-42-25-57(88-28-49(42)93-36-94-71)86-20-21-141-83(140)142-22-23-143-144-35-50(81(138)139)103-78(134)45(10-16-60(117)91-31-53(111)67(125)70(128)56(114)34-108)99-77(133)47(13-19-63(121)122)101-75(131)44(9-15-59(116)90-30-52(110)66(124)69(127)55(113)33-107)98-76(132)46(12-18-62(119)120)100-74(130)43(8-14-58(115)89-29-51(109)65(123)68(126)54(112)32-106)97-61(118)17-11-48(80(136)137)102-73(129)37-4-6-39(7-5-37)87-26-41-27-92-72-64(95-41)79(135)105-82(85)104-72/h1-7,24-25,27-28,36,43-48,50-56,65-70,87,106-114,123-128H,8-23,26,29-35H2,(H,86,88)(H,89,115)(H,90,116)(H,91,117)(H,97,118)(H,98,132)(H,99,133)(H,100,130)(H,101,131)(H,102,129)(H,103,134)(H,119,120)(H,121,122)(H,136,137)(H,138,139)(H,93,94,96)(H3,85,92,104,105,135)/t43-,44-,45-,46-,47-,48-,50-,51-,52-,53-,54+,55+,56+,65+,66+,67+,68+,69+,70+/m0/s1. The van der Waals surface area contributed by atoms with Crippen LogP contribution in [0.2, 0.25) is 0 Å². The number of carbonyl (C=O) groups is 15. The average Bonchev–Trinajstić information content (AvgIpc) is 0.808. The molecule has 0 radical (unpaired) electrons. The van der Waals surface area contributed by atoms with Gasteiger partial charge in [-0.15, -0.1) is 0 Å². The zero-order valence-electron chi connectivity index (χ0n) is 76.2. The van der Waals surface area contributed by atoms with E-state index >= 15 is 0 Å². The lowest BCUT2D eigenvalue weighted by Gasteiger charge is -2.28. The van der Waals surface area contributed by atoms with Gasteiger partial charge in [-0.05, 0) is 87.1 Å². The smallest absolute Gasteiger partial charge is 0.481 e. The number of halogens is 1. The van der Waals surface area contributed by atoms with E-state index in [1.54, 1.807) is 6.07 Å². The highest BCUT2D eigenvalue weighted by molar-refractivity contribution is 9.10. The molecule has 0 saturated heterocycles. The number of aliphatic carboxylic acids is 4. The molecule has 19 atom stereocenters. The number of aromatic amines is 1. The maximum Gasteiger partial charge on any atom is 0.508 e. The topological polar surface area (TPSA) is 951 Å². The molecule has 6 aromatic rings. The van der Waals surface area contributed by atoms with Gasteiger partial charge in [0, 0.05) is 96.5 Å². The van der Waals surface area contributed by atoms with Crippen molar-refractivity contribution in [3.05, 3.63) is 99.4 Å². The fourth-order valence-electron chi connectivity index (χ4n) is 12.8. The van der Waals surface area contributed by atoms with E-state index in [4.69, 9.17) is 15.2 Å². The minimum absolute atomic E-state index is 0.0105. The lowest BCUT2D eigenvalue weighted by Crippen LogP contribution is -2.60. The summed E-state index contributed by atoms with van der Waals surface area (Å²) in [5.74, 6) is -20.0. The van der Waals surface area contributed by atoms with E-state index in [-0.39, 0.29) is 60.4 Å². The van der Waals surface area contributed by atoms with Gasteiger partial charge < -0.3 is 181 Å². The third kappa shape index (κ3) is 40.9. The number of carbonyl (C=O) groups excluding carboxylic acids is 11. The first-order valence-corrected chi connectivity index (χ1v) is 47.2. The molecule has 10 amide bonds. The highest BCUT2D eigenvalue weighted by Crippen LogP contribution is 2.28. The van der Waals surface area contributed by atoms with Crippen molar-refractivity contribution in [2.24, 2.45) is 0 Å². The Balaban J connectivity index is 1.22. The van der Waals surface area contributed by atoms with E-state index in [0.717, 1.165) is 31.7 Å². The summed E-state index contributed by atoms with van der Waals surface area (Å²) in [6, 6.07) is -0.442. The fraction of sp³-hybridized carbons (Fsp3) is 0.518. The van der Waals surface area contributed by atoms with Crippen molar-refractivity contribution in [2.75, 3.05) is 92.4 Å². The maximum absolute atomic E-state index is 14.9. The maximum atomic E-state index is 14.9. The summed E-state index contributed by atoms with van der Waals surface area (Å²) in [6.45, 7) is -6.62. The van der Waals surface area contributed by atoms with Gasteiger partial charge in [-0.3, -0.25) is 67.3 Å². The average molecular weight is 2140 g/mol. The van der Waals surface area contributed by atoms with Crippen LogP contribution in [0, 0.1) is 0 Å². The molecular formula is C83H114BrN21O37S2. The Kier molecular flexibility index (Phi) is 50.6. The van der Waals surface area contributed by atoms with Crippen molar-refractivity contribution in [1.82, 2.24) is 88.1 Å². The molecule has 0 aliphatic carbocycles. The number of pyridine rings is 1. The van der Waals surface area contributed by atoms with E-state index < -0.39 is 332 Å². The molecule has 4 aromatic heterocycles. The van der Waals surface area contributed by atoms with Crippen molar-refractivity contribution in [2.45, 2.75) is 199 Å². The monoisotopic (exact) mass is 2140 g/mol. The molecule has 0 fully saturated rings. The van der Waals surface area contributed by atoms with Crippen LogP contribution in [-0.4, -0.2) is 407 Å². The summed E-state index contributed by atoms with van der Waals surface area (Å²) < 4.78 is 11.1. The normalized spacial score (nSPS) is 15.3. The van der Waals surface area contributed by atoms with E-state index in [2.05, 4.69) is 120 Å². The molecule has 792 valence electrons. The summed E-state index contributed by atoms with van der Waals surface area (Å²) in [6.07, 6.45) is -33.8. The van der Waals surface area contributed by atoms with Gasteiger partial charge in [0.1, 0.15) is 128 Å². The molecule has 0 bridgehead atoms. The molecule has 0 saturated carbocycles. The molecular weight excluding hydrogens is 2030 g/mol. The molecule has 0 unspecified atom stereocenters. The summed E-state index contributed by atoms with van der Waals surface area (Å²) in [7, 11) is 1.73. The van der Waals surface area contributed by atoms with Gasteiger partial charge in [-0.2, -0.15) is 4.98 Å². The number of ether oxygens (including phenoxy) is 2. The first-order chi connectivity index (χ1) is 68.3. The number of nitrogen functional groups attached to an aromatic ring is 1. The van der Waals surface area contributed by atoms with Crippen molar-refractivity contribution in [3.8, 4) is 0 Å². The van der Waals surface area contributed by atoms with Crippen LogP contribution in [-0.2, 0) is 78.3 Å². The number of nitrogens with two attached hydrogens (primary N) is 1. The number of fused-ring (bicyclic) bond motifs is 2. The molecule has 6 rings (SSSR count). The molecule has 58 nitrogen and oxygen atoms in total. The van der Waals surface area contributed by atoms with Crippen LogP contribution in [0.3, 0.4) is 0 Å². The summed E-state index contributed by atoms with van der Waals surface area (Å²) in [5, 5.41) is 223. The Morgan fingerprint density at radius 2 is 0.896 bits per heavy atom. The first kappa shape index (κ1) is 119. The summed E-state index contributed by atoms with van der Waals surface area (Å²) in [4.78, 5) is 244. The van der Waals surface area contributed by atoms with Gasteiger partial charge >= 0.3 is 30.0 Å². The zero-order valence-corrected chi connectivity index (χ0v) is 79.4. The molecule has 61 heteroatoms. The second-order valence-corrected chi connectivity index (χ2v) is 35.3. The molecule has 0 aliphatic heterocycles. The minimum Gasteiger partial charge on any atom is -0.481 e. The van der Waals surface area contributed by atoms with Crippen LogP contribution in [0.25, 0.3) is 22.1 Å². The van der Waals surface area contributed by atoms with Gasteiger partial charge in [-0.25, -0.2) is 39.3 Å². The number of nitrogens with zero attached hydrogens (tertiary/aromatic N) is 6. The molecule has 4 heterocycles. The molecule has 35 N–H and O–H groups in total. The Morgan fingerprint density at radius 3 is 1.36 bits per heavy atom. The molecule has 144 heavy (non-hydrogen) atoms. The second-order valence-electron chi connectivity index (χ2n) is 31.8. The van der Waals surface area contributed by atoms with E-state index in [0.29, 0.717) is 28.2 Å². The Labute approximate surface area is 831 Å². The Bertz CT molecular complexity index is 5390. The number of carboxylic acids is 4. The van der Waals surface area contributed by atoms with Crippen LogP contribution in [0.1, 0.15) is 93.1 Å².